The maximum atomic E-state index is 13.3. The van der Waals surface area contributed by atoms with Crippen LogP contribution in [0, 0.1) is 6.92 Å². The van der Waals surface area contributed by atoms with Crippen LogP contribution in [0.5, 0.6) is 0 Å². The van der Waals surface area contributed by atoms with Crippen molar-refractivity contribution in [1.29, 1.82) is 0 Å². The first-order chi connectivity index (χ1) is 12.3. The second-order valence-electron chi connectivity index (χ2n) is 5.58. The molecule has 2 aromatic carbocycles. The molecule has 0 saturated carbocycles. The minimum Gasteiger partial charge on any atom is -0.340 e. The van der Waals surface area contributed by atoms with Crippen molar-refractivity contribution in [2.24, 2.45) is 0 Å². The van der Waals surface area contributed by atoms with Crippen molar-refractivity contribution >= 4 is 39.1 Å². The largest absolute Gasteiger partial charge is 0.421 e. The van der Waals surface area contributed by atoms with Gasteiger partial charge in [0.2, 0.25) is 5.95 Å². The van der Waals surface area contributed by atoms with Crippen LogP contribution in [-0.4, -0.2) is 9.97 Å². The Morgan fingerprint density at radius 3 is 2.08 bits per heavy atom. The number of nitrogens with one attached hydrogen (secondary N) is 2. The molecule has 8 heteroatoms. The Kier molecular flexibility index (Phi) is 5.13. The molecule has 2 N–H and O–H groups in total. The molecule has 134 valence electrons. The lowest BCUT2D eigenvalue weighted by molar-refractivity contribution is -0.137. The van der Waals surface area contributed by atoms with Crippen molar-refractivity contribution < 1.29 is 13.2 Å². The number of halogens is 4. The summed E-state index contributed by atoms with van der Waals surface area (Å²) < 4.78 is 40.7. The molecule has 3 rings (SSSR count). The first kappa shape index (κ1) is 18.2. The highest BCUT2D eigenvalue weighted by Crippen LogP contribution is 2.35. The first-order valence-corrected chi connectivity index (χ1v) is 8.41. The highest BCUT2D eigenvalue weighted by Gasteiger charge is 2.35. The van der Waals surface area contributed by atoms with E-state index in [4.69, 9.17) is 0 Å². The summed E-state index contributed by atoms with van der Waals surface area (Å²) in [5.41, 5.74) is 1.25. The number of rotatable bonds is 4. The minimum absolute atomic E-state index is 0.0648. The Morgan fingerprint density at radius 2 is 1.46 bits per heavy atom. The fraction of sp³-hybridized carbons (Fsp3) is 0.111. The molecule has 4 nitrogen and oxygen atoms in total. The van der Waals surface area contributed by atoms with Crippen LogP contribution in [0.15, 0.2) is 59.2 Å². The van der Waals surface area contributed by atoms with Gasteiger partial charge in [-0.05, 0) is 43.3 Å². The quantitative estimate of drug-likeness (QED) is 0.536. The van der Waals surface area contributed by atoms with Gasteiger partial charge in [0.05, 0.1) is 0 Å². The predicted molar refractivity (Wildman–Crippen MR) is 98.9 cm³/mol. The zero-order valence-corrected chi connectivity index (χ0v) is 15.2. The molecule has 0 fully saturated rings. The molecule has 0 unspecified atom stereocenters. The van der Waals surface area contributed by atoms with Gasteiger partial charge in [-0.3, -0.25) is 0 Å². The summed E-state index contributed by atoms with van der Waals surface area (Å²) >= 11 is 3.32. The van der Waals surface area contributed by atoms with E-state index in [0.29, 0.717) is 11.4 Å². The van der Waals surface area contributed by atoms with Crippen LogP contribution >= 0.6 is 15.9 Å². The van der Waals surface area contributed by atoms with Gasteiger partial charge in [0.15, 0.2) is 0 Å². The summed E-state index contributed by atoms with van der Waals surface area (Å²) in [7, 11) is 0. The van der Waals surface area contributed by atoms with Crippen LogP contribution in [0.2, 0.25) is 0 Å². The number of benzene rings is 2. The van der Waals surface area contributed by atoms with Gasteiger partial charge in [0.1, 0.15) is 11.4 Å². The Morgan fingerprint density at radius 1 is 0.885 bits per heavy atom. The van der Waals surface area contributed by atoms with E-state index in [0.717, 1.165) is 16.2 Å². The number of hydrogen-bond acceptors (Lipinski definition) is 4. The molecule has 26 heavy (non-hydrogen) atoms. The fourth-order valence-electron chi connectivity index (χ4n) is 2.18. The third-order valence-electron chi connectivity index (χ3n) is 3.51. The third-order valence-corrected chi connectivity index (χ3v) is 4.04. The van der Waals surface area contributed by atoms with Crippen LogP contribution in [0.3, 0.4) is 0 Å². The minimum atomic E-state index is -4.57. The second kappa shape index (κ2) is 7.33. The number of hydrogen-bond donors (Lipinski definition) is 2. The highest BCUT2D eigenvalue weighted by molar-refractivity contribution is 9.10. The van der Waals surface area contributed by atoms with Crippen molar-refractivity contribution in [2.45, 2.75) is 13.1 Å². The van der Waals surface area contributed by atoms with Gasteiger partial charge in [0.25, 0.3) is 0 Å². The van der Waals surface area contributed by atoms with Crippen molar-refractivity contribution in [3.05, 3.63) is 70.3 Å². The molecule has 0 saturated heterocycles. The average Bonchev–Trinajstić information content (AvgIpc) is 2.58. The first-order valence-electron chi connectivity index (χ1n) is 7.62. The summed E-state index contributed by atoms with van der Waals surface area (Å²) in [6.07, 6.45) is -3.80. The molecule has 0 aliphatic rings. The van der Waals surface area contributed by atoms with E-state index in [2.05, 4.69) is 36.5 Å². The van der Waals surface area contributed by atoms with Crippen molar-refractivity contribution in [3.63, 3.8) is 0 Å². The zero-order chi connectivity index (χ0) is 18.7. The van der Waals surface area contributed by atoms with Gasteiger partial charge >= 0.3 is 6.18 Å². The fourth-order valence-corrected chi connectivity index (χ4v) is 2.45. The van der Waals surface area contributed by atoms with E-state index in [9.17, 15) is 13.2 Å². The Hall–Kier alpha value is -2.61. The van der Waals surface area contributed by atoms with Gasteiger partial charge in [-0.1, -0.05) is 33.6 Å². The predicted octanol–water partition coefficient (Wildman–Crippen LogP) is 6.05. The lowest BCUT2D eigenvalue weighted by atomic mass is 10.2. The van der Waals surface area contributed by atoms with Gasteiger partial charge in [-0.2, -0.15) is 18.2 Å². The van der Waals surface area contributed by atoms with Crippen LogP contribution in [0.25, 0.3) is 0 Å². The average molecular weight is 423 g/mol. The lowest BCUT2D eigenvalue weighted by Crippen LogP contribution is -2.12. The molecule has 0 aliphatic heterocycles. The Bertz CT molecular complexity index is 894. The standard InChI is InChI=1S/C18H14BrF3N4/c1-11-2-6-13(7-3-11)24-16-15(18(20,21)22)10-23-17(26-16)25-14-8-4-12(19)5-9-14/h2-10H,1H3,(H2,23,24,25,26). The summed E-state index contributed by atoms with van der Waals surface area (Å²) in [6, 6.07) is 14.1. The molecule has 0 bridgehead atoms. The molecule has 1 aromatic heterocycles. The normalized spacial score (nSPS) is 11.3. The highest BCUT2D eigenvalue weighted by atomic mass is 79.9. The molecule has 3 aromatic rings. The van der Waals surface area contributed by atoms with Gasteiger partial charge < -0.3 is 10.6 Å². The maximum absolute atomic E-state index is 13.3. The van der Waals surface area contributed by atoms with Crippen LogP contribution < -0.4 is 10.6 Å². The van der Waals surface area contributed by atoms with E-state index < -0.39 is 11.7 Å². The Labute approximate surface area is 156 Å². The van der Waals surface area contributed by atoms with E-state index in [1.807, 2.05) is 6.92 Å². The van der Waals surface area contributed by atoms with E-state index in [-0.39, 0.29) is 11.8 Å². The number of anilines is 4. The molecule has 0 atom stereocenters. The van der Waals surface area contributed by atoms with Crippen molar-refractivity contribution in [1.82, 2.24) is 9.97 Å². The number of aromatic nitrogens is 2. The van der Waals surface area contributed by atoms with Crippen LogP contribution in [-0.2, 0) is 6.18 Å². The SMILES string of the molecule is Cc1ccc(Nc2nc(Nc3ccc(Br)cc3)ncc2C(F)(F)F)cc1. The van der Waals surface area contributed by atoms with Gasteiger partial charge in [-0.15, -0.1) is 0 Å². The summed E-state index contributed by atoms with van der Waals surface area (Å²) in [5.74, 6) is -0.245. The molecular weight excluding hydrogens is 409 g/mol. The van der Waals surface area contributed by atoms with Crippen LogP contribution in [0.4, 0.5) is 36.3 Å². The van der Waals surface area contributed by atoms with E-state index in [1.165, 1.54) is 0 Å². The smallest absolute Gasteiger partial charge is 0.340 e. The summed E-state index contributed by atoms with van der Waals surface area (Å²) in [6.45, 7) is 1.90. The van der Waals surface area contributed by atoms with Crippen molar-refractivity contribution in [2.75, 3.05) is 10.6 Å². The molecular formula is C18H14BrF3N4. The van der Waals surface area contributed by atoms with Crippen molar-refractivity contribution in [3.8, 4) is 0 Å². The second-order valence-corrected chi connectivity index (χ2v) is 6.49. The molecule has 0 amide bonds. The van der Waals surface area contributed by atoms with Gasteiger partial charge in [-0.25, -0.2) is 4.98 Å². The van der Waals surface area contributed by atoms with E-state index >= 15 is 0 Å². The van der Waals surface area contributed by atoms with E-state index in [1.54, 1.807) is 48.5 Å². The molecule has 0 spiro atoms. The third kappa shape index (κ3) is 4.51. The molecule has 0 aliphatic carbocycles. The number of alkyl halides is 3. The maximum Gasteiger partial charge on any atom is 0.421 e. The van der Waals surface area contributed by atoms with Gasteiger partial charge in [0, 0.05) is 22.0 Å². The molecule has 0 radical (unpaired) electrons. The number of aryl methyl sites for hydroxylation is 1. The Balaban J connectivity index is 1.93. The lowest BCUT2D eigenvalue weighted by Gasteiger charge is -2.15. The number of nitrogens with zero attached hydrogens (tertiary/aromatic N) is 2. The van der Waals surface area contributed by atoms with Crippen LogP contribution in [0.1, 0.15) is 11.1 Å². The summed E-state index contributed by atoms with van der Waals surface area (Å²) in [5, 5.41) is 5.62. The monoisotopic (exact) mass is 422 g/mol. The zero-order valence-electron chi connectivity index (χ0n) is 13.6. The topological polar surface area (TPSA) is 49.8 Å². The molecule has 1 heterocycles. The summed E-state index contributed by atoms with van der Waals surface area (Å²) in [4.78, 5) is 7.79.